The molecule has 0 unspecified atom stereocenters. The van der Waals surface area contributed by atoms with Gasteiger partial charge < -0.3 is 4.90 Å². The van der Waals surface area contributed by atoms with Gasteiger partial charge in [0.15, 0.2) is 0 Å². The van der Waals surface area contributed by atoms with Gasteiger partial charge in [-0.2, -0.15) is 4.31 Å². The summed E-state index contributed by atoms with van der Waals surface area (Å²) in [5.74, 6) is 0.239. The van der Waals surface area contributed by atoms with Gasteiger partial charge in [-0.3, -0.25) is 4.79 Å². The van der Waals surface area contributed by atoms with E-state index < -0.39 is 10.0 Å². The van der Waals surface area contributed by atoms with Crippen LogP contribution in [0.3, 0.4) is 0 Å². The SMILES string of the molecule is O=C1CCCN1CCc1nc(-c2ccc(S(=O)(=O)N3CCCCCC3)cc2)cs1. The van der Waals surface area contributed by atoms with Gasteiger partial charge in [0, 0.05) is 50.0 Å². The summed E-state index contributed by atoms with van der Waals surface area (Å²) in [5.41, 5.74) is 1.77. The molecule has 3 heterocycles. The molecule has 2 fully saturated rings. The molecule has 29 heavy (non-hydrogen) atoms. The highest BCUT2D eigenvalue weighted by molar-refractivity contribution is 7.89. The van der Waals surface area contributed by atoms with Crippen molar-refractivity contribution in [2.45, 2.75) is 49.8 Å². The number of likely N-dealkylation sites (tertiary alicyclic amines) is 1. The Hall–Kier alpha value is -1.77. The van der Waals surface area contributed by atoms with Gasteiger partial charge in [-0.1, -0.05) is 25.0 Å². The average Bonchev–Trinajstić information content (AvgIpc) is 3.26. The Morgan fingerprint density at radius 2 is 1.69 bits per heavy atom. The normalized spacial score (nSPS) is 18.9. The highest BCUT2D eigenvalue weighted by Crippen LogP contribution is 2.26. The first-order chi connectivity index (χ1) is 14.0. The van der Waals surface area contributed by atoms with Gasteiger partial charge in [0.1, 0.15) is 0 Å². The van der Waals surface area contributed by atoms with Crippen molar-refractivity contribution >= 4 is 27.3 Å². The van der Waals surface area contributed by atoms with Gasteiger partial charge in [0.05, 0.1) is 15.6 Å². The lowest BCUT2D eigenvalue weighted by Gasteiger charge is -2.20. The van der Waals surface area contributed by atoms with E-state index in [9.17, 15) is 13.2 Å². The Kier molecular flexibility index (Phi) is 6.32. The topological polar surface area (TPSA) is 70.6 Å². The van der Waals surface area contributed by atoms with Gasteiger partial charge in [-0.25, -0.2) is 13.4 Å². The second-order valence-electron chi connectivity index (χ2n) is 7.70. The van der Waals surface area contributed by atoms with Crippen LogP contribution < -0.4 is 0 Å². The first-order valence-corrected chi connectivity index (χ1v) is 12.7. The molecule has 6 nitrogen and oxygen atoms in total. The van der Waals surface area contributed by atoms with Gasteiger partial charge in [-0.15, -0.1) is 11.3 Å². The Labute approximate surface area is 176 Å². The summed E-state index contributed by atoms with van der Waals surface area (Å²) < 4.78 is 27.4. The monoisotopic (exact) mass is 433 g/mol. The minimum Gasteiger partial charge on any atom is -0.342 e. The minimum absolute atomic E-state index is 0.239. The van der Waals surface area contributed by atoms with Crippen LogP contribution in [0, 0.1) is 0 Å². The van der Waals surface area contributed by atoms with E-state index in [1.807, 2.05) is 22.4 Å². The average molecular weight is 434 g/mol. The Morgan fingerprint density at radius 1 is 0.966 bits per heavy atom. The fraction of sp³-hybridized carbons (Fsp3) is 0.524. The predicted molar refractivity (Wildman–Crippen MR) is 114 cm³/mol. The van der Waals surface area contributed by atoms with E-state index in [2.05, 4.69) is 4.98 Å². The van der Waals surface area contributed by atoms with Gasteiger partial charge in [0.2, 0.25) is 15.9 Å². The molecule has 2 aromatic rings. The van der Waals surface area contributed by atoms with Crippen molar-refractivity contribution in [2.75, 3.05) is 26.2 Å². The number of amides is 1. The molecule has 0 radical (unpaired) electrons. The van der Waals surface area contributed by atoms with E-state index in [0.717, 1.165) is 67.9 Å². The zero-order chi connectivity index (χ0) is 20.3. The summed E-state index contributed by atoms with van der Waals surface area (Å²) in [5, 5.41) is 3.00. The van der Waals surface area contributed by atoms with Gasteiger partial charge in [-0.05, 0) is 31.4 Å². The summed E-state index contributed by atoms with van der Waals surface area (Å²) in [6.07, 6.45) is 6.44. The third-order valence-corrected chi connectivity index (χ3v) is 8.49. The molecule has 0 aliphatic carbocycles. The highest BCUT2D eigenvalue weighted by atomic mass is 32.2. The lowest BCUT2D eigenvalue weighted by molar-refractivity contribution is -0.127. The number of hydrogen-bond donors (Lipinski definition) is 0. The summed E-state index contributed by atoms with van der Waals surface area (Å²) in [6.45, 7) is 2.79. The molecule has 8 heteroatoms. The number of carbonyl (C=O) groups excluding carboxylic acids is 1. The fourth-order valence-corrected chi connectivity index (χ4v) is 6.27. The number of carbonyl (C=O) groups is 1. The zero-order valence-electron chi connectivity index (χ0n) is 16.5. The van der Waals surface area contributed by atoms with Crippen molar-refractivity contribution in [1.82, 2.24) is 14.2 Å². The molecule has 0 atom stereocenters. The first-order valence-electron chi connectivity index (χ1n) is 10.4. The Bertz CT molecular complexity index is 946. The summed E-state index contributed by atoms with van der Waals surface area (Å²) in [7, 11) is -3.42. The number of sulfonamides is 1. The smallest absolute Gasteiger partial charge is 0.243 e. The van der Waals surface area contributed by atoms with Crippen LogP contribution in [0.15, 0.2) is 34.5 Å². The first kappa shape index (κ1) is 20.5. The van der Waals surface area contributed by atoms with Crippen molar-refractivity contribution in [3.63, 3.8) is 0 Å². The molecular weight excluding hydrogens is 406 g/mol. The number of nitrogens with zero attached hydrogens (tertiary/aromatic N) is 3. The zero-order valence-corrected chi connectivity index (χ0v) is 18.2. The van der Waals surface area contributed by atoms with Crippen LogP contribution in [0.1, 0.15) is 43.5 Å². The molecule has 4 rings (SSSR count). The maximum Gasteiger partial charge on any atom is 0.243 e. The summed E-state index contributed by atoms with van der Waals surface area (Å²) in [6, 6.07) is 7.07. The standard InChI is InChI=1S/C21H27N3O3S2/c25-21-6-5-12-23(21)15-11-20-22-19(16-28-20)17-7-9-18(10-8-17)29(26,27)24-13-3-1-2-4-14-24/h7-10,16H,1-6,11-15H2. The fourth-order valence-electron chi connectivity index (χ4n) is 3.96. The molecule has 2 aliphatic heterocycles. The minimum atomic E-state index is -3.42. The van der Waals surface area contributed by atoms with Crippen molar-refractivity contribution in [1.29, 1.82) is 0 Å². The Balaban J connectivity index is 1.42. The van der Waals surface area contributed by atoms with E-state index >= 15 is 0 Å². The van der Waals surface area contributed by atoms with Crippen LogP contribution in [-0.2, 0) is 21.2 Å². The van der Waals surface area contributed by atoms with Crippen LogP contribution in [0.5, 0.6) is 0 Å². The number of aromatic nitrogens is 1. The van der Waals surface area contributed by atoms with Crippen LogP contribution >= 0.6 is 11.3 Å². The number of rotatable bonds is 6. The molecule has 2 aliphatic rings. The van der Waals surface area contributed by atoms with E-state index in [4.69, 9.17) is 0 Å². The molecule has 0 spiro atoms. The molecule has 0 bridgehead atoms. The van der Waals surface area contributed by atoms with E-state index in [1.165, 1.54) is 0 Å². The second kappa shape index (κ2) is 8.93. The quantitative estimate of drug-likeness (QED) is 0.699. The lowest BCUT2D eigenvalue weighted by atomic mass is 10.2. The molecule has 0 saturated carbocycles. The van der Waals surface area contributed by atoms with Crippen LogP contribution in [0.4, 0.5) is 0 Å². The van der Waals surface area contributed by atoms with Gasteiger partial charge in [0.25, 0.3) is 0 Å². The molecular formula is C21H27N3O3S2. The molecule has 0 N–H and O–H groups in total. The molecule has 2 saturated heterocycles. The molecule has 1 amide bonds. The van der Waals surface area contributed by atoms with Crippen molar-refractivity contribution < 1.29 is 13.2 Å². The number of thiazole rings is 1. The number of hydrogen-bond acceptors (Lipinski definition) is 5. The summed E-state index contributed by atoms with van der Waals surface area (Å²) in [4.78, 5) is 18.7. The highest BCUT2D eigenvalue weighted by Gasteiger charge is 2.25. The second-order valence-corrected chi connectivity index (χ2v) is 10.6. The summed E-state index contributed by atoms with van der Waals surface area (Å²) >= 11 is 1.59. The van der Waals surface area contributed by atoms with Crippen molar-refractivity contribution in [3.8, 4) is 11.3 Å². The van der Waals surface area contributed by atoms with E-state index in [1.54, 1.807) is 27.8 Å². The van der Waals surface area contributed by atoms with Crippen LogP contribution in [-0.4, -0.2) is 54.7 Å². The molecule has 1 aromatic heterocycles. The van der Waals surface area contributed by atoms with Crippen LogP contribution in [0.25, 0.3) is 11.3 Å². The molecule has 1 aromatic carbocycles. The number of benzene rings is 1. The maximum atomic E-state index is 12.9. The van der Waals surface area contributed by atoms with Crippen molar-refractivity contribution in [2.24, 2.45) is 0 Å². The van der Waals surface area contributed by atoms with Crippen LogP contribution in [0.2, 0.25) is 0 Å². The third-order valence-electron chi connectivity index (χ3n) is 5.67. The largest absolute Gasteiger partial charge is 0.342 e. The van der Waals surface area contributed by atoms with Gasteiger partial charge >= 0.3 is 0 Å². The lowest BCUT2D eigenvalue weighted by Crippen LogP contribution is -2.31. The maximum absolute atomic E-state index is 12.9. The third kappa shape index (κ3) is 4.70. The van der Waals surface area contributed by atoms with E-state index in [-0.39, 0.29) is 5.91 Å². The predicted octanol–water partition coefficient (Wildman–Crippen LogP) is 3.54. The van der Waals surface area contributed by atoms with E-state index in [0.29, 0.717) is 24.4 Å². The Morgan fingerprint density at radius 3 is 2.34 bits per heavy atom. The van der Waals surface area contributed by atoms with Crippen molar-refractivity contribution in [3.05, 3.63) is 34.7 Å². The molecule has 156 valence electrons.